The summed E-state index contributed by atoms with van der Waals surface area (Å²) in [6.07, 6.45) is 8.87. The normalized spacial score (nSPS) is 24.6. The summed E-state index contributed by atoms with van der Waals surface area (Å²) < 4.78 is 5.24. The Labute approximate surface area is 104 Å². The highest BCUT2D eigenvalue weighted by molar-refractivity contribution is 5.26. The van der Waals surface area contributed by atoms with Crippen molar-refractivity contribution < 1.29 is 4.74 Å². The quantitative estimate of drug-likeness (QED) is 0.869. The standard InChI is InChI=1S/C14H22N2O/c1-3-16-13-6-4-5-11(7-13)12-8-14(17-2)10-15-9-12/h8-11,13,16H,3-7H2,1-2H3. The maximum absolute atomic E-state index is 5.24. The minimum Gasteiger partial charge on any atom is -0.495 e. The Morgan fingerprint density at radius 2 is 2.29 bits per heavy atom. The molecular weight excluding hydrogens is 212 g/mol. The van der Waals surface area contributed by atoms with Gasteiger partial charge in [-0.2, -0.15) is 0 Å². The fourth-order valence-corrected chi connectivity index (χ4v) is 2.74. The Balaban J connectivity index is 2.05. The van der Waals surface area contributed by atoms with Crippen molar-refractivity contribution in [2.45, 2.75) is 44.6 Å². The van der Waals surface area contributed by atoms with Crippen LogP contribution in [0.15, 0.2) is 18.5 Å². The fourth-order valence-electron chi connectivity index (χ4n) is 2.74. The first-order chi connectivity index (χ1) is 8.33. The van der Waals surface area contributed by atoms with Crippen molar-refractivity contribution >= 4 is 0 Å². The van der Waals surface area contributed by atoms with Crippen molar-refractivity contribution in [2.24, 2.45) is 0 Å². The molecule has 2 atom stereocenters. The van der Waals surface area contributed by atoms with Crippen LogP contribution in [0, 0.1) is 0 Å². The zero-order chi connectivity index (χ0) is 12.1. The van der Waals surface area contributed by atoms with Gasteiger partial charge in [-0.3, -0.25) is 4.98 Å². The lowest BCUT2D eigenvalue weighted by Crippen LogP contribution is -2.33. The molecular formula is C14H22N2O. The van der Waals surface area contributed by atoms with Crippen LogP contribution in [0.1, 0.15) is 44.1 Å². The molecule has 2 rings (SSSR count). The monoisotopic (exact) mass is 234 g/mol. The van der Waals surface area contributed by atoms with Gasteiger partial charge >= 0.3 is 0 Å². The topological polar surface area (TPSA) is 34.2 Å². The van der Waals surface area contributed by atoms with Crippen molar-refractivity contribution in [2.75, 3.05) is 13.7 Å². The molecule has 0 amide bonds. The minimum atomic E-state index is 0.635. The molecule has 0 saturated heterocycles. The van der Waals surface area contributed by atoms with Gasteiger partial charge in [-0.25, -0.2) is 0 Å². The number of nitrogens with one attached hydrogen (secondary N) is 1. The summed E-state index contributed by atoms with van der Waals surface area (Å²) in [5, 5.41) is 3.56. The molecule has 94 valence electrons. The van der Waals surface area contributed by atoms with E-state index in [-0.39, 0.29) is 0 Å². The Morgan fingerprint density at radius 3 is 3.06 bits per heavy atom. The number of hydrogen-bond donors (Lipinski definition) is 1. The molecule has 2 unspecified atom stereocenters. The van der Waals surface area contributed by atoms with E-state index in [2.05, 4.69) is 23.3 Å². The first-order valence-corrected chi connectivity index (χ1v) is 6.55. The summed E-state index contributed by atoms with van der Waals surface area (Å²) in [7, 11) is 1.70. The molecule has 0 aromatic carbocycles. The number of nitrogens with zero attached hydrogens (tertiary/aromatic N) is 1. The molecule has 1 saturated carbocycles. The summed E-state index contributed by atoms with van der Waals surface area (Å²) in [6.45, 7) is 3.24. The molecule has 3 nitrogen and oxygen atoms in total. The third-order valence-electron chi connectivity index (χ3n) is 3.61. The second-order valence-electron chi connectivity index (χ2n) is 4.78. The van der Waals surface area contributed by atoms with E-state index < -0.39 is 0 Å². The third-order valence-corrected chi connectivity index (χ3v) is 3.61. The largest absolute Gasteiger partial charge is 0.495 e. The predicted molar refractivity (Wildman–Crippen MR) is 69.5 cm³/mol. The third kappa shape index (κ3) is 3.19. The predicted octanol–water partition coefficient (Wildman–Crippen LogP) is 2.73. The number of hydrogen-bond acceptors (Lipinski definition) is 3. The SMILES string of the molecule is CCNC1CCCC(c2cncc(OC)c2)C1. The molecule has 1 N–H and O–H groups in total. The van der Waals surface area contributed by atoms with Gasteiger partial charge in [0.25, 0.3) is 0 Å². The first-order valence-electron chi connectivity index (χ1n) is 6.55. The maximum atomic E-state index is 5.24. The Bertz CT molecular complexity index is 352. The zero-order valence-electron chi connectivity index (χ0n) is 10.8. The highest BCUT2D eigenvalue weighted by Gasteiger charge is 2.22. The molecule has 0 bridgehead atoms. The van der Waals surface area contributed by atoms with E-state index in [1.807, 2.05) is 6.20 Å². The van der Waals surface area contributed by atoms with E-state index in [0.29, 0.717) is 12.0 Å². The van der Waals surface area contributed by atoms with Crippen molar-refractivity contribution in [1.29, 1.82) is 0 Å². The molecule has 3 heteroatoms. The van der Waals surface area contributed by atoms with Crippen LogP contribution in [-0.4, -0.2) is 24.7 Å². The van der Waals surface area contributed by atoms with Crippen LogP contribution in [0.3, 0.4) is 0 Å². The second kappa shape index (κ2) is 6.01. The molecule has 1 aliphatic rings. The lowest BCUT2D eigenvalue weighted by molar-refractivity contribution is 0.342. The summed E-state index contributed by atoms with van der Waals surface area (Å²) >= 11 is 0. The summed E-state index contributed by atoms with van der Waals surface area (Å²) in [5.41, 5.74) is 1.33. The number of aromatic nitrogens is 1. The van der Waals surface area contributed by atoms with Gasteiger partial charge in [0.2, 0.25) is 0 Å². The van der Waals surface area contributed by atoms with Crippen molar-refractivity contribution in [3.63, 3.8) is 0 Å². The number of methoxy groups -OCH3 is 1. The van der Waals surface area contributed by atoms with Crippen LogP contribution in [0.25, 0.3) is 0 Å². The van der Waals surface area contributed by atoms with Gasteiger partial charge in [-0.1, -0.05) is 13.3 Å². The van der Waals surface area contributed by atoms with Gasteiger partial charge in [-0.15, -0.1) is 0 Å². The second-order valence-corrected chi connectivity index (χ2v) is 4.78. The minimum absolute atomic E-state index is 0.635. The van der Waals surface area contributed by atoms with Crippen LogP contribution < -0.4 is 10.1 Å². The van der Waals surface area contributed by atoms with Crippen molar-refractivity contribution in [1.82, 2.24) is 10.3 Å². The van der Waals surface area contributed by atoms with E-state index in [4.69, 9.17) is 4.74 Å². The van der Waals surface area contributed by atoms with E-state index in [9.17, 15) is 0 Å². The molecule has 1 aliphatic carbocycles. The average molecular weight is 234 g/mol. The van der Waals surface area contributed by atoms with Crippen molar-refractivity contribution in [3.05, 3.63) is 24.0 Å². The summed E-state index contributed by atoms with van der Waals surface area (Å²) in [6, 6.07) is 2.80. The van der Waals surface area contributed by atoms with Gasteiger partial charge in [0.1, 0.15) is 5.75 Å². The molecule has 0 aliphatic heterocycles. The summed E-state index contributed by atoms with van der Waals surface area (Å²) in [5.74, 6) is 1.50. The van der Waals surface area contributed by atoms with Crippen LogP contribution in [0.4, 0.5) is 0 Å². The maximum Gasteiger partial charge on any atom is 0.137 e. The lowest BCUT2D eigenvalue weighted by atomic mass is 9.82. The van der Waals surface area contributed by atoms with E-state index in [1.54, 1.807) is 13.3 Å². The molecule has 1 heterocycles. The van der Waals surface area contributed by atoms with E-state index in [1.165, 1.54) is 31.2 Å². The van der Waals surface area contributed by atoms with Gasteiger partial charge in [0.05, 0.1) is 13.3 Å². The zero-order valence-corrected chi connectivity index (χ0v) is 10.8. The number of pyridine rings is 1. The molecule has 0 radical (unpaired) electrons. The van der Waals surface area contributed by atoms with Crippen LogP contribution in [0.5, 0.6) is 5.75 Å². The first kappa shape index (κ1) is 12.4. The Hall–Kier alpha value is -1.09. The molecule has 0 spiro atoms. The van der Waals surface area contributed by atoms with Crippen molar-refractivity contribution in [3.8, 4) is 5.75 Å². The molecule has 1 aromatic heterocycles. The summed E-state index contributed by atoms with van der Waals surface area (Å²) in [4.78, 5) is 4.26. The molecule has 1 fully saturated rings. The Morgan fingerprint density at radius 1 is 1.41 bits per heavy atom. The van der Waals surface area contributed by atoms with Crippen LogP contribution in [0.2, 0.25) is 0 Å². The van der Waals surface area contributed by atoms with Crippen LogP contribution in [-0.2, 0) is 0 Å². The van der Waals surface area contributed by atoms with Crippen LogP contribution >= 0.6 is 0 Å². The molecule has 17 heavy (non-hydrogen) atoms. The van der Waals surface area contributed by atoms with Gasteiger partial charge in [0.15, 0.2) is 0 Å². The highest BCUT2D eigenvalue weighted by Crippen LogP contribution is 2.33. The number of rotatable bonds is 4. The lowest BCUT2D eigenvalue weighted by Gasteiger charge is -2.29. The number of ether oxygens (including phenoxy) is 1. The average Bonchev–Trinajstić information content (AvgIpc) is 2.40. The van der Waals surface area contributed by atoms with Gasteiger partial charge in [-0.05, 0) is 43.4 Å². The van der Waals surface area contributed by atoms with E-state index in [0.717, 1.165) is 12.3 Å². The van der Waals surface area contributed by atoms with Gasteiger partial charge < -0.3 is 10.1 Å². The highest BCUT2D eigenvalue weighted by atomic mass is 16.5. The van der Waals surface area contributed by atoms with Gasteiger partial charge in [0, 0.05) is 12.2 Å². The van der Waals surface area contributed by atoms with E-state index >= 15 is 0 Å². The Kier molecular flexibility index (Phi) is 4.37. The fraction of sp³-hybridized carbons (Fsp3) is 0.643. The molecule has 1 aromatic rings. The smallest absolute Gasteiger partial charge is 0.137 e.